The number of rotatable bonds is 6. The lowest BCUT2D eigenvalue weighted by atomic mass is 10.1. The number of hydrogen-bond acceptors (Lipinski definition) is 5. The molecule has 1 aliphatic rings. The molecule has 0 spiro atoms. The van der Waals surface area contributed by atoms with Crippen molar-refractivity contribution in [3.8, 4) is 10.4 Å². The van der Waals surface area contributed by atoms with E-state index in [4.69, 9.17) is 5.73 Å². The van der Waals surface area contributed by atoms with Crippen molar-refractivity contribution < 1.29 is 9.69 Å². The fourth-order valence-corrected chi connectivity index (χ4v) is 6.72. The van der Waals surface area contributed by atoms with Gasteiger partial charge in [0.15, 0.2) is 0 Å². The number of hydrogen-bond donors (Lipinski definition) is 3. The number of benzene rings is 2. The van der Waals surface area contributed by atoms with Gasteiger partial charge in [0.25, 0.3) is 5.91 Å². The smallest absolute Gasteiger partial charge is 0.255 e. The van der Waals surface area contributed by atoms with E-state index in [1.165, 1.54) is 5.56 Å². The van der Waals surface area contributed by atoms with Crippen molar-refractivity contribution in [1.82, 2.24) is 4.90 Å². The molecule has 5 nitrogen and oxygen atoms in total. The summed E-state index contributed by atoms with van der Waals surface area (Å²) < 4.78 is 0. The predicted octanol–water partition coefficient (Wildman–Crippen LogP) is 5.01. The van der Waals surface area contributed by atoms with Crippen LogP contribution in [0.3, 0.4) is 0 Å². The van der Waals surface area contributed by atoms with E-state index in [2.05, 4.69) is 17.1 Å². The summed E-state index contributed by atoms with van der Waals surface area (Å²) in [7, 11) is -1.67. The monoisotopic (exact) mass is 454 g/mol. The fourth-order valence-electron chi connectivity index (χ4n) is 3.83. The second-order valence-corrected chi connectivity index (χ2v) is 12.7. The van der Waals surface area contributed by atoms with E-state index < -0.39 is 7.49 Å². The summed E-state index contributed by atoms with van der Waals surface area (Å²) in [5, 5.41) is 4.98. The Labute approximate surface area is 188 Å². The lowest BCUT2D eigenvalue weighted by Gasteiger charge is -2.31. The average Bonchev–Trinajstić information content (AvgIpc) is 3.32. The van der Waals surface area contributed by atoms with Crippen LogP contribution >= 0.6 is 18.8 Å². The molecule has 4 rings (SSSR count). The van der Waals surface area contributed by atoms with Crippen molar-refractivity contribution in [3.63, 3.8) is 0 Å². The summed E-state index contributed by atoms with van der Waals surface area (Å²) >= 11 is 1.65. The molecule has 1 aromatic heterocycles. The number of nitrogens with two attached hydrogens (primary N) is 1. The van der Waals surface area contributed by atoms with Gasteiger partial charge in [0.05, 0.1) is 29.9 Å². The van der Waals surface area contributed by atoms with Crippen LogP contribution in [0.2, 0.25) is 0 Å². The summed E-state index contributed by atoms with van der Waals surface area (Å²) in [6.45, 7) is 4.83. The highest BCUT2D eigenvalue weighted by molar-refractivity contribution is 7.70. The lowest BCUT2D eigenvalue weighted by molar-refractivity contribution is 0.102. The number of nitrogen functional groups attached to an aromatic ring is 1. The topological polar surface area (TPSA) is 78.6 Å². The molecule has 1 amide bonds. The number of carbonyl (C=O) groups excluding carboxylic acids is 1. The van der Waals surface area contributed by atoms with Crippen molar-refractivity contribution in [2.75, 3.05) is 42.6 Å². The standard InChI is InChI=1S/C24H28N3O2PS/c1-2-30(29)13-11-27(12-14-30)17-18-5-7-19(8-6-18)24(28)26-22-16-20(9-10-21(22)25)23-4-3-15-31-23/h3-10,15-16,29H,2,11-14,17,25H2,1H3/p+1. The van der Waals surface area contributed by atoms with Crippen LogP contribution in [0.5, 0.6) is 0 Å². The molecule has 3 aromatic rings. The minimum absolute atomic E-state index is 0.169. The summed E-state index contributed by atoms with van der Waals surface area (Å²) in [4.78, 5) is 26.8. The fraction of sp³-hybridized carbons (Fsp3) is 0.292. The first-order valence-electron chi connectivity index (χ1n) is 10.6. The SMILES string of the molecule is CC[P+]1(O)CCN(Cc2ccc(C(=O)Nc3cc(-c4cccs4)ccc3N)cc2)CC1. The first-order chi connectivity index (χ1) is 15.0. The molecule has 2 aromatic carbocycles. The lowest BCUT2D eigenvalue weighted by Crippen LogP contribution is -2.36. The Balaban J connectivity index is 1.38. The molecule has 2 heterocycles. The summed E-state index contributed by atoms with van der Waals surface area (Å²) in [5.41, 5.74) is 10.1. The molecule has 0 saturated carbocycles. The van der Waals surface area contributed by atoms with Crippen molar-refractivity contribution >= 4 is 36.1 Å². The van der Waals surface area contributed by atoms with Crippen molar-refractivity contribution in [2.45, 2.75) is 13.5 Å². The number of carbonyl (C=O) groups is 1. The molecule has 0 unspecified atom stereocenters. The van der Waals surface area contributed by atoms with E-state index in [1.54, 1.807) is 11.3 Å². The Kier molecular flexibility index (Phi) is 6.73. The third-order valence-corrected chi connectivity index (χ3v) is 10.1. The zero-order chi connectivity index (χ0) is 21.8. The van der Waals surface area contributed by atoms with Gasteiger partial charge in [0.2, 0.25) is 0 Å². The number of nitrogens with one attached hydrogen (secondary N) is 1. The predicted molar refractivity (Wildman–Crippen MR) is 133 cm³/mol. The van der Waals surface area contributed by atoms with Crippen LogP contribution in [0.15, 0.2) is 60.0 Å². The minimum atomic E-state index is -1.67. The average molecular weight is 455 g/mol. The summed E-state index contributed by atoms with van der Waals surface area (Å²) in [5.74, 6) is -0.169. The van der Waals surface area contributed by atoms with Gasteiger partial charge in [-0.15, -0.1) is 11.3 Å². The van der Waals surface area contributed by atoms with E-state index in [0.29, 0.717) is 16.9 Å². The van der Waals surface area contributed by atoms with Crippen LogP contribution in [-0.4, -0.2) is 47.3 Å². The number of amides is 1. The van der Waals surface area contributed by atoms with Gasteiger partial charge in [0.1, 0.15) is 7.49 Å². The van der Waals surface area contributed by atoms with Crippen LogP contribution in [-0.2, 0) is 6.54 Å². The van der Waals surface area contributed by atoms with Crippen molar-refractivity contribution in [3.05, 3.63) is 71.1 Å². The number of thiophene rings is 1. The maximum absolute atomic E-state index is 12.8. The highest BCUT2D eigenvalue weighted by Crippen LogP contribution is 2.55. The first-order valence-corrected chi connectivity index (χ1v) is 13.8. The third kappa shape index (κ3) is 5.34. The number of nitrogens with zero attached hydrogens (tertiary/aromatic N) is 1. The molecule has 1 fully saturated rings. The normalized spacial score (nSPS) is 16.2. The molecular formula is C24H29N3O2PS+. The Morgan fingerprint density at radius 2 is 1.90 bits per heavy atom. The van der Waals surface area contributed by atoms with E-state index in [-0.39, 0.29) is 5.91 Å². The van der Waals surface area contributed by atoms with Gasteiger partial charge in [0, 0.05) is 30.1 Å². The quantitative estimate of drug-likeness (QED) is 0.361. The van der Waals surface area contributed by atoms with E-state index in [1.807, 2.05) is 60.0 Å². The van der Waals surface area contributed by atoms with E-state index >= 15 is 0 Å². The van der Waals surface area contributed by atoms with Gasteiger partial charge >= 0.3 is 0 Å². The second kappa shape index (κ2) is 9.49. The van der Waals surface area contributed by atoms with Gasteiger partial charge in [-0.2, -0.15) is 0 Å². The highest BCUT2D eigenvalue weighted by Gasteiger charge is 2.37. The maximum atomic E-state index is 12.8. The second-order valence-electron chi connectivity index (χ2n) is 8.07. The Bertz CT molecular complexity index is 1030. The molecule has 7 heteroatoms. The third-order valence-electron chi connectivity index (χ3n) is 5.98. The molecule has 0 atom stereocenters. The van der Waals surface area contributed by atoms with Crippen LogP contribution in [0.25, 0.3) is 10.4 Å². The molecule has 0 radical (unpaired) electrons. The zero-order valence-corrected chi connectivity index (χ0v) is 19.5. The van der Waals surface area contributed by atoms with Gasteiger partial charge in [-0.25, -0.2) is 0 Å². The summed E-state index contributed by atoms with van der Waals surface area (Å²) in [6, 6.07) is 17.5. The van der Waals surface area contributed by atoms with E-state index in [9.17, 15) is 9.69 Å². The molecule has 0 aliphatic carbocycles. The Morgan fingerprint density at radius 3 is 2.55 bits per heavy atom. The van der Waals surface area contributed by atoms with Crippen molar-refractivity contribution in [2.24, 2.45) is 0 Å². The van der Waals surface area contributed by atoms with Crippen LogP contribution in [0.1, 0.15) is 22.8 Å². The molecule has 31 heavy (non-hydrogen) atoms. The first kappa shape index (κ1) is 22.0. The summed E-state index contributed by atoms with van der Waals surface area (Å²) in [6.07, 6.45) is 2.78. The van der Waals surface area contributed by atoms with Gasteiger partial charge in [-0.1, -0.05) is 24.3 Å². The largest absolute Gasteiger partial charge is 0.397 e. The van der Waals surface area contributed by atoms with E-state index in [0.717, 1.165) is 48.6 Å². The molecule has 1 saturated heterocycles. The van der Waals surface area contributed by atoms with Crippen LogP contribution in [0.4, 0.5) is 11.4 Å². The molecule has 162 valence electrons. The van der Waals surface area contributed by atoms with Gasteiger partial charge in [-0.05, 0) is 53.8 Å². The molecule has 0 bridgehead atoms. The Morgan fingerprint density at radius 1 is 1.16 bits per heavy atom. The minimum Gasteiger partial charge on any atom is -0.397 e. The van der Waals surface area contributed by atoms with Crippen molar-refractivity contribution in [1.29, 1.82) is 0 Å². The van der Waals surface area contributed by atoms with Gasteiger partial charge < -0.3 is 11.1 Å². The van der Waals surface area contributed by atoms with Gasteiger partial charge in [-0.3, -0.25) is 14.6 Å². The maximum Gasteiger partial charge on any atom is 0.255 e. The molecule has 1 aliphatic heterocycles. The molecule has 4 N–H and O–H groups in total. The zero-order valence-electron chi connectivity index (χ0n) is 17.8. The number of anilines is 2. The van der Waals surface area contributed by atoms with Crippen LogP contribution < -0.4 is 11.1 Å². The highest BCUT2D eigenvalue weighted by atomic mass is 32.1. The molecular weight excluding hydrogens is 425 g/mol. The Hall–Kier alpha value is -2.24. The van der Waals surface area contributed by atoms with Crippen LogP contribution in [0, 0.1) is 0 Å².